The fraction of sp³-hybridized carbons (Fsp3) is 0.182. The zero-order valence-corrected chi connectivity index (χ0v) is 8.67. The number of halogens is 1. The van der Waals surface area contributed by atoms with E-state index in [2.05, 4.69) is 9.97 Å². The molecule has 2 nitrogen and oxygen atoms in total. The molecular formula is C11H11ClN2. The number of aromatic nitrogens is 2. The van der Waals surface area contributed by atoms with Crippen LogP contribution < -0.4 is 0 Å². The Morgan fingerprint density at radius 1 is 1.36 bits per heavy atom. The number of H-pyrrole nitrogens is 1. The molecule has 0 aliphatic rings. The van der Waals surface area contributed by atoms with Gasteiger partial charge in [-0.1, -0.05) is 29.8 Å². The molecule has 0 radical (unpaired) electrons. The molecule has 0 saturated carbocycles. The summed E-state index contributed by atoms with van der Waals surface area (Å²) in [5.74, 6) is 0.937. The fourth-order valence-electron chi connectivity index (χ4n) is 1.40. The van der Waals surface area contributed by atoms with Gasteiger partial charge in [0.15, 0.2) is 0 Å². The molecule has 0 amide bonds. The summed E-state index contributed by atoms with van der Waals surface area (Å²) in [7, 11) is 0. The number of aromatic amines is 1. The van der Waals surface area contributed by atoms with Crippen molar-refractivity contribution in [2.45, 2.75) is 13.3 Å². The first kappa shape index (κ1) is 9.28. The maximum Gasteiger partial charge on any atom is 0.103 e. The largest absolute Gasteiger partial charge is 0.349 e. The predicted molar refractivity (Wildman–Crippen MR) is 57.6 cm³/mol. The lowest BCUT2D eigenvalue weighted by atomic mass is 10.1. The second-order valence-corrected chi connectivity index (χ2v) is 3.65. The number of nitrogens with one attached hydrogen (secondary N) is 1. The summed E-state index contributed by atoms with van der Waals surface area (Å²) < 4.78 is 0. The van der Waals surface area contributed by atoms with Crippen molar-refractivity contribution < 1.29 is 0 Å². The minimum Gasteiger partial charge on any atom is -0.349 e. The molecule has 1 heterocycles. The van der Waals surface area contributed by atoms with Crippen molar-refractivity contribution in [2.75, 3.05) is 0 Å². The molecule has 1 N–H and O–H groups in total. The van der Waals surface area contributed by atoms with E-state index in [1.165, 1.54) is 0 Å². The lowest BCUT2D eigenvalue weighted by molar-refractivity contribution is 1.07. The zero-order chi connectivity index (χ0) is 9.97. The quantitative estimate of drug-likeness (QED) is 0.804. The van der Waals surface area contributed by atoms with Gasteiger partial charge in [0, 0.05) is 17.6 Å². The molecule has 0 spiro atoms. The molecular weight excluding hydrogens is 196 g/mol. The number of aryl methyl sites for hydroxylation is 1. The summed E-state index contributed by atoms with van der Waals surface area (Å²) in [6.45, 7) is 1.94. The molecule has 0 bridgehead atoms. The Balaban J connectivity index is 2.23. The molecule has 1 aromatic carbocycles. The van der Waals surface area contributed by atoms with Crippen molar-refractivity contribution >= 4 is 11.6 Å². The summed E-state index contributed by atoms with van der Waals surface area (Å²) in [5.41, 5.74) is 2.14. The third kappa shape index (κ3) is 1.96. The van der Waals surface area contributed by atoms with Gasteiger partial charge in [-0.3, -0.25) is 0 Å². The highest BCUT2D eigenvalue weighted by Crippen LogP contribution is 2.17. The van der Waals surface area contributed by atoms with Crippen LogP contribution in [-0.2, 0) is 6.42 Å². The van der Waals surface area contributed by atoms with Gasteiger partial charge in [0.25, 0.3) is 0 Å². The molecule has 0 unspecified atom stereocenters. The van der Waals surface area contributed by atoms with Gasteiger partial charge in [0.05, 0.1) is 5.69 Å². The van der Waals surface area contributed by atoms with E-state index in [1.807, 2.05) is 37.4 Å². The van der Waals surface area contributed by atoms with Crippen molar-refractivity contribution in [2.24, 2.45) is 0 Å². The van der Waals surface area contributed by atoms with E-state index in [4.69, 9.17) is 11.6 Å². The Morgan fingerprint density at radius 3 is 2.79 bits per heavy atom. The van der Waals surface area contributed by atoms with Gasteiger partial charge in [0.1, 0.15) is 5.82 Å². The molecule has 0 atom stereocenters. The first-order valence-electron chi connectivity index (χ1n) is 4.50. The average molecular weight is 207 g/mol. The Labute approximate surface area is 88.0 Å². The molecule has 2 aromatic rings. The van der Waals surface area contributed by atoms with Gasteiger partial charge in [-0.2, -0.15) is 0 Å². The number of nitrogens with zero attached hydrogens (tertiary/aromatic N) is 1. The third-order valence-electron chi connectivity index (χ3n) is 2.09. The summed E-state index contributed by atoms with van der Waals surface area (Å²) in [6, 6.07) is 7.84. The van der Waals surface area contributed by atoms with E-state index in [-0.39, 0.29) is 0 Å². The van der Waals surface area contributed by atoms with Crippen LogP contribution in [0.4, 0.5) is 0 Å². The van der Waals surface area contributed by atoms with Crippen LogP contribution >= 0.6 is 11.6 Å². The predicted octanol–water partition coefficient (Wildman–Crippen LogP) is 2.96. The van der Waals surface area contributed by atoms with Crippen LogP contribution in [0.2, 0.25) is 5.02 Å². The smallest absolute Gasteiger partial charge is 0.103 e. The average Bonchev–Trinajstić information content (AvgIpc) is 2.56. The molecule has 3 heteroatoms. The number of rotatable bonds is 2. The van der Waals surface area contributed by atoms with E-state index in [0.29, 0.717) is 0 Å². The van der Waals surface area contributed by atoms with E-state index in [9.17, 15) is 0 Å². The molecule has 0 fully saturated rings. The minimum absolute atomic E-state index is 0.782. The van der Waals surface area contributed by atoms with Crippen LogP contribution in [0.1, 0.15) is 17.1 Å². The van der Waals surface area contributed by atoms with Gasteiger partial charge >= 0.3 is 0 Å². The third-order valence-corrected chi connectivity index (χ3v) is 2.46. The Kier molecular flexibility index (Phi) is 2.55. The van der Waals surface area contributed by atoms with Crippen LogP contribution in [0.5, 0.6) is 0 Å². The van der Waals surface area contributed by atoms with Crippen LogP contribution in [0.25, 0.3) is 0 Å². The zero-order valence-electron chi connectivity index (χ0n) is 7.92. The van der Waals surface area contributed by atoms with E-state index >= 15 is 0 Å². The summed E-state index contributed by atoms with van der Waals surface area (Å²) >= 11 is 6.04. The molecule has 14 heavy (non-hydrogen) atoms. The highest BCUT2D eigenvalue weighted by atomic mass is 35.5. The molecule has 2 rings (SSSR count). The molecule has 0 aliphatic heterocycles. The van der Waals surface area contributed by atoms with Gasteiger partial charge in [0.2, 0.25) is 0 Å². The summed E-state index contributed by atoms with van der Waals surface area (Å²) in [6.07, 6.45) is 2.70. The van der Waals surface area contributed by atoms with Gasteiger partial charge < -0.3 is 4.98 Å². The Bertz CT molecular complexity index is 434. The van der Waals surface area contributed by atoms with Crippen LogP contribution in [0.3, 0.4) is 0 Å². The first-order chi connectivity index (χ1) is 6.75. The molecule has 1 aromatic heterocycles. The van der Waals surface area contributed by atoms with Crippen LogP contribution in [0.15, 0.2) is 30.5 Å². The van der Waals surface area contributed by atoms with Gasteiger partial charge in [-0.05, 0) is 18.6 Å². The van der Waals surface area contributed by atoms with Crippen LogP contribution in [-0.4, -0.2) is 9.97 Å². The van der Waals surface area contributed by atoms with Crippen molar-refractivity contribution in [1.29, 1.82) is 0 Å². The van der Waals surface area contributed by atoms with Crippen molar-refractivity contribution in [1.82, 2.24) is 9.97 Å². The maximum absolute atomic E-state index is 6.04. The maximum atomic E-state index is 6.04. The highest BCUT2D eigenvalue weighted by Gasteiger charge is 2.02. The molecule has 0 aliphatic carbocycles. The van der Waals surface area contributed by atoms with E-state index < -0.39 is 0 Å². The number of benzene rings is 1. The van der Waals surface area contributed by atoms with Gasteiger partial charge in [-0.15, -0.1) is 0 Å². The van der Waals surface area contributed by atoms with Crippen molar-refractivity contribution in [3.63, 3.8) is 0 Å². The standard InChI is InChI=1S/C11H11ClN2/c1-8-13-7-10(14-8)6-9-4-2-3-5-11(9)12/h2-5,7H,6H2,1H3,(H,13,14). The summed E-state index contributed by atoms with van der Waals surface area (Å²) in [5, 5.41) is 0.799. The first-order valence-corrected chi connectivity index (χ1v) is 4.88. The number of hydrogen-bond acceptors (Lipinski definition) is 1. The Hall–Kier alpha value is -1.28. The van der Waals surface area contributed by atoms with Crippen LogP contribution in [0, 0.1) is 6.92 Å². The number of imidazole rings is 1. The molecule has 72 valence electrons. The topological polar surface area (TPSA) is 28.7 Å². The number of hydrogen-bond donors (Lipinski definition) is 1. The molecule has 0 saturated heterocycles. The van der Waals surface area contributed by atoms with Crippen molar-refractivity contribution in [3.05, 3.63) is 52.6 Å². The second-order valence-electron chi connectivity index (χ2n) is 3.25. The lowest BCUT2D eigenvalue weighted by Gasteiger charge is -2.00. The van der Waals surface area contributed by atoms with Gasteiger partial charge in [-0.25, -0.2) is 4.98 Å². The van der Waals surface area contributed by atoms with E-state index in [1.54, 1.807) is 0 Å². The summed E-state index contributed by atoms with van der Waals surface area (Å²) in [4.78, 5) is 7.39. The lowest BCUT2D eigenvalue weighted by Crippen LogP contribution is -1.89. The Morgan fingerprint density at radius 2 is 2.14 bits per heavy atom. The normalized spacial score (nSPS) is 10.4. The fourth-order valence-corrected chi connectivity index (χ4v) is 1.60. The SMILES string of the molecule is Cc1nc(Cc2ccccc2Cl)c[nH]1. The monoisotopic (exact) mass is 206 g/mol. The second kappa shape index (κ2) is 3.84. The van der Waals surface area contributed by atoms with E-state index in [0.717, 1.165) is 28.5 Å². The highest BCUT2D eigenvalue weighted by molar-refractivity contribution is 6.31. The minimum atomic E-state index is 0.782. The van der Waals surface area contributed by atoms with Crippen molar-refractivity contribution in [3.8, 4) is 0 Å².